The van der Waals surface area contributed by atoms with E-state index in [1.165, 1.54) is 18.5 Å². The molecule has 1 heterocycles. The molecule has 0 unspecified atom stereocenters. The Morgan fingerprint density at radius 3 is 2.93 bits per heavy atom. The maximum atomic E-state index is 12.9. The third-order valence-electron chi connectivity index (χ3n) is 1.84. The molecule has 78 valence electrons. The third-order valence-corrected chi connectivity index (χ3v) is 1.84. The quantitative estimate of drug-likeness (QED) is 0.659. The highest BCUT2D eigenvalue weighted by Gasteiger charge is 1.99. The molecular formula is C9H10FN5. The lowest BCUT2D eigenvalue weighted by Crippen LogP contribution is -2.02. The number of hydrogen-bond donors (Lipinski definition) is 3. The Bertz CT molecular complexity index is 420. The van der Waals surface area contributed by atoms with Crippen LogP contribution in [0.3, 0.4) is 0 Å². The predicted octanol–water partition coefficient (Wildman–Crippen LogP) is 1.14. The normalized spacial score (nSPS) is 10.2. The molecule has 0 atom stereocenters. The minimum absolute atomic E-state index is 0.366. The Hall–Kier alpha value is -2.11. The predicted molar refractivity (Wildman–Crippen MR) is 54.5 cm³/mol. The van der Waals surface area contributed by atoms with E-state index in [-0.39, 0.29) is 5.82 Å². The van der Waals surface area contributed by atoms with Gasteiger partial charge in [-0.1, -0.05) is 0 Å². The van der Waals surface area contributed by atoms with Gasteiger partial charge in [0, 0.05) is 11.4 Å². The number of aromatic amines is 1. The topological polar surface area (TPSA) is 79.6 Å². The summed E-state index contributed by atoms with van der Waals surface area (Å²) in [6.45, 7) is 0.447. The van der Waals surface area contributed by atoms with Gasteiger partial charge in [0.15, 0.2) is 0 Å². The smallest absolute Gasteiger partial charge is 0.143 e. The van der Waals surface area contributed by atoms with Gasteiger partial charge in [-0.15, -0.1) is 0 Å². The highest BCUT2D eigenvalue weighted by Crippen LogP contribution is 2.15. The number of rotatable bonds is 3. The summed E-state index contributed by atoms with van der Waals surface area (Å²) in [5, 5.41) is 9.36. The molecule has 5 nitrogen and oxygen atoms in total. The van der Waals surface area contributed by atoms with Crippen molar-refractivity contribution in [3.8, 4) is 0 Å². The van der Waals surface area contributed by atoms with E-state index in [2.05, 4.69) is 20.5 Å². The average Bonchev–Trinajstić information content (AvgIpc) is 2.65. The van der Waals surface area contributed by atoms with Crippen LogP contribution in [0.1, 0.15) is 5.82 Å². The standard InChI is InChI=1S/C9H10FN5/c10-6-1-7(11)3-8(2-6)12-4-9-13-5-14-15-9/h1-3,5,12H,4,11H2,(H,13,14,15). The molecule has 0 fully saturated rings. The van der Waals surface area contributed by atoms with Crippen LogP contribution in [0.2, 0.25) is 0 Å². The van der Waals surface area contributed by atoms with Crippen LogP contribution >= 0.6 is 0 Å². The van der Waals surface area contributed by atoms with Crippen LogP contribution < -0.4 is 11.1 Å². The summed E-state index contributed by atoms with van der Waals surface area (Å²) >= 11 is 0. The first kappa shape index (κ1) is 9.45. The van der Waals surface area contributed by atoms with Crippen molar-refractivity contribution in [2.75, 3.05) is 11.1 Å². The SMILES string of the molecule is Nc1cc(F)cc(NCc2ncn[nH]2)c1. The van der Waals surface area contributed by atoms with Gasteiger partial charge in [-0.25, -0.2) is 9.37 Å². The van der Waals surface area contributed by atoms with Crippen LogP contribution in [0, 0.1) is 5.82 Å². The Balaban J connectivity index is 2.05. The van der Waals surface area contributed by atoms with Crippen LogP contribution in [-0.4, -0.2) is 15.2 Å². The Kier molecular flexibility index (Phi) is 2.49. The van der Waals surface area contributed by atoms with Gasteiger partial charge in [-0.3, -0.25) is 5.10 Å². The molecule has 1 aromatic carbocycles. The molecule has 0 amide bonds. The first-order valence-electron chi connectivity index (χ1n) is 4.38. The molecule has 0 aliphatic carbocycles. The van der Waals surface area contributed by atoms with E-state index >= 15 is 0 Å². The summed E-state index contributed by atoms with van der Waals surface area (Å²) in [5.74, 6) is 0.313. The lowest BCUT2D eigenvalue weighted by atomic mass is 10.2. The zero-order valence-electron chi connectivity index (χ0n) is 7.87. The van der Waals surface area contributed by atoms with E-state index in [0.717, 1.165) is 0 Å². The maximum absolute atomic E-state index is 12.9. The summed E-state index contributed by atoms with van der Waals surface area (Å²) in [6.07, 6.45) is 1.41. The van der Waals surface area contributed by atoms with Crippen molar-refractivity contribution in [2.45, 2.75) is 6.54 Å². The molecule has 1 aromatic heterocycles. The van der Waals surface area contributed by atoms with Crippen molar-refractivity contribution in [2.24, 2.45) is 0 Å². The summed E-state index contributed by atoms with van der Waals surface area (Å²) in [4.78, 5) is 3.92. The van der Waals surface area contributed by atoms with Crippen LogP contribution in [0.25, 0.3) is 0 Å². The molecule has 15 heavy (non-hydrogen) atoms. The summed E-state index contributed by atoms with van der Waals surface area (Å²) in [6, 6.07) is 4.28. The van der Waals surface area contributed by atoms with Gasteiger partial charge < -0.3 is 11.1 Å². The molecule has 2 aromatic rings. The van der Waals surface area contributed by atoms with Crippen LogP contribution in [0.4, 0.5) is 15.8 Å². The van der Waals surface area contributed by atoms with E-state index in [0.29, 0.717) is 23.7 Å². The fourth-order valence-corrected chi connectivity index (χ4v) is 1.22. The number of H-pyrrole nitrogens is 1. The Morgan fingerprint density at radius 2 is 2.27 bits per heavy atom. The van der Waals surface area contributed by atoms with E-state index in [9.17, 15) is 4.39 Å². The monoisotopic (exact) mass is 207 g/mol. The van der Waals surface area contributed by atoms with Crippen molar-refractivity contribution in [3.05, 3.63) is 36.2 Å². The lowest BCUT2D eigenvalue weighted by molar-refractivity contribution is 0.629. The number of nitrogens with zero attached hydrogens (tertiary/aromatic N) is 2. The number of anilines is 2. The van der Waals surface area contributed by atoms with Crippen molar-refractivity contribution < 1.29 is 4.39 Å². The van der Waals surface area contributed by atoms with Crippen molar-refractivity contribution in [1.29, 1.82) is 0 Å². The van der Waals surface area contributed by atoms with Gasteiger partial charge in [0.25, 0.3) is 0 Å². The largest absolute Gasteiger partial charge is 0.399 e. The Morgan fingerprint density at radius 1 is 1.40 bits per heavy atom. The molecular weight excluding hydrogens is 197 g/mol. The zero-order valence-corrected chi connectivity index (χ0v) is 7.87. The van der Waals surface area contributed by atoms with Gasteiger partial charge in [0.05, 0.1) is 6.54 Å². The molecule has 0 aliphatic rings. The number of hydrogen-bond acceptors (Lipinski definition) is 4. The molecule has 0 spiro atoms. The molecule has 6 heteroatoms. The van der Waals surface area contributed by atoms with Crippen LogP contribution in [0.5, 0.6) is 0 Å². The number of benzene rings is 1. The van der Waals surface area contributed by atoms with Gasteiger partial charge in [-0.05, 0) is 18.2 Å². The average molecular weight is 207 g/mol. The van der Waals surface area contributed by atoms with Crippen LogP contribution in [-0.2, 0) is 6.54 Å². The van der Waals surface area contributed by atoms with Gasteiger partial charge in [0.1, 0.15) is 18.0 Å². The van der Waals surface area contributed by atoms with E-state index in [4.69, 9.17) is 5.73 Å². The lowest BCUT2D eigenvalue weighted by Gasteiger charge is -2.05. The highest BCUT2D eigenvalue weighted by atomic mass is 19.1. The van der Waals surface area contributed by atoms with Gasteiger partial charge >= 0.3 is 0 Å². The number of nitrogens with two attached hydrogens (primary N) is 1. The number of aromatic nitrogens is 3. The second kappa shape index (κ2) is 3.95. The third kappa shape index (κ3) is 2.43. The minimum Gasteiger partial charge on any atom is -0.399 e. The Labute approximate surface area is 85.5 Å². The number of nitrogens with one attached hydrogen (secondary N) is 2. The first-order chi connectivity index (χ1) is 7.24. The van der Waals surface area contributed by atoms with E-state index in [1.807, 2.05) is 0 Å². The fourth-order valence-electron chi connectivity index (χ4n) is 1.22. The van der Waals surface area contributed by atoms with Gasteiger partial charge in [-0.2, -0.15) is 5.10 Å². The molecule has 2 rings (SSSR count). The molecule has 0 saturated heterocycles. The summed E-state index contributed by atoms with van der Waals surface area (Å²) in [7, 11) is 0. The molecule has 0 bridgehead atoms. The van der Waals surface area contributed by atoms with E-state index in [1.54, 1.807) is 6.07 Å². The van der Waals surface area contributed by atoms with Crippen LogP contribution in [0.15, 0.2) is 24.5 Å². The summed E-state index contributed by atoms with van der Waals surface area (Å²) in [5.41, 5.74) is 6.49. The second-order valence-electron chi connectivity index (χ2n) is 3.06. The maximum Gasteiger partial charge on any atom is 0.143 e. The molecule has 4 N–H and O–H groups in total. The molecule has 0 saturated carbocycles. The van der Waals surface area contributed by atoms with E-state index < -0.39 is 0 Å². The molecule has 0 aliphatic heterocycles. The fraction of sp³-hybridized carbons (Fsp3) is 0.111. The van der Waals surface area contributed by atoms with Crippen molar-refractivity contribution >= 4 is 11.4 Å². The zero-order chi connectivity index (χ0) is 10.7. The number of halogens is 1. The minimum atomic E-state index is -0.366. The highest BCUT2D eigenvalue weighted by molar-refractivity contribution is 5.54. The number of nitrogen functional groups attached to an aromatic ring is 1. The first-order valence-corrected chi connectivity index (χ1v) is 4.38. The van der Waals surface area contributed by atoms with Crippen molar-refractivity contribution in [3.63, 3.8) is 0 Å². The van der Waals surface area contributed by atoms with Gasteiger partial charge in [0.2, 0.25) is 0 Å². The second-order valence-corrected chi connectivity index (χ2v) is 3.06. The summed E-state index contributed by atoms with van der Waals surface area (Å²) < 4.78 is 12.9. The van der Waals surface area contributed by atoms with Crippen molar-refractivity contribution in [1.82, 2.24) is 15.2 Å². The molecule has 0 radical (unpaired) electrons.